The van der Waals surface area contributed by atoms with Crippen LogP contribution in [0.15, 0.2) is 52.3 Å². The molecule has 0 saturated carbocycles. The van der Waals surface area contributed by atoms with Crippen molar-refractivity contribution in [2.75, 3.05) is 19.3 Å². The molecule has 1 atom stereocenters. The molecule has 0 aliphatic rings. The molecule has 7 heteroatoms. The van der Waals surface area contributed by atoms with Crippen LogP contribution in [0.5, 0.6) is 0 Å². The van der Waals surface area contributed by atoms with Crippen LogP contribution in [0.4, 0.5) is 0 Å². The molecule has 2 aromatic carbocycles. The second kappa shape index (κ2) is 9.58. The van der Waals surface area contributed by atoms with E-state index in [1.54, 1.807) is 36.0 Å². The monoisotopic (exact) mass is 420 g/mol. The molecule has 0 aliphatic carbocycles. The van der Waals surface area contributed by atoms with Gasteiger partial charge in [-0.1, -0.05) is 32.0 Å². The first kappa shape index (κ1) is 22.5. The quantitative estimate of drug-likeness (QED) is 0.649. The van der Waals surface area contributed by atoms with E-state index in [1.807, 2.05) is 52.1 Å². The number of rotatable bonds is 8. The van der Waals surface area contributed by atoms with Gasteiger partial charge in [-0.25, -0.2) is 8.42 Å². The van der Waals surface area contributed by atoms with Gasteiger partial charge in [-0.15, -0.1) is 11.8 Å². The van der Waals surface area contributed by atoms with Crippen molar-refractivity contribution in [1.82, 2.24) is 9.62 Å². The van der Waals surface area contributed by atoms with E-state index in [4.69, 9.17) is 0 Å². The maximum atomic E-state index is 12.7. The van der Waals surface area contributed by atoms with Gasteiger partial charge in [-0.2, -0.15) is 4.31 Å². The average Bonchev–Trinajstić information content (AvgIpc) is 2.69. The van der Waals surface area contributed by atoms with E-state index < -0.39 is 10.0 Å². The van der Waals surface area contributed by atoms with Crippen LogP contribution in [-0.4, -0.2) is 38.0 Å². The van der Waals surface area contributed by atoms with Gasteiger partial charge in [-0.3, -0.25) is 4.79 Å². The van der Waals surface area contributed by atoms with Crippen molar-refractivity contribution in [3.05, 3.63) is 59.2 Å². The highest BCUT2D eigenvalue weighted by molar-refractivity contribution is 7.98. The van der Waals surface area contributed by atoms with Crippen molar-refractivity contribution in [2.24, 2.45) is 0 Å². The Bertz CT molecular complexity index is 921. The van der Waals surface area contributed by atoms with Crippen LogP contribution < -0.4 is 5.32 Å². The van der Waals surface area contributed by atoms with Crippen molar-refractivity contribution in [1.29, 1.82) is 0 Å². The fraction of sp³-hybridized carbons (Fsp3) is 0.381. The van der Waals surface area contributed by atoms with E-state index in [0.29, 0.717) is 18.7 Å². The highest BCUT2D eigenvalue weighted by atomic mass is 32.2. The van der Waals surface area contributed by atoms with Crippen LogP contribution in [-0.2, 0) is 10.0 Å². The number of amides is 1. The van der Waals surface area contributed by atoms with E-state index in [1.165, 1.54) is 4.31 Å². The Kier molecular flexibility index (Phi) is 7.69. The number of carbonyl (C=O) groups is 1. The first-order valence-corrected chi connectivity index (χ1v) is 12.0. The van der Waals surface area contributed by atoms with Gasteiger partial charge in [0, 0.05) is 23.5 Å². The standard InChI is InChI=1S/C21H28N2O3S2/c1-6-23(7-2)28(25,26)19-12-9-17(10-13-19)16(4)22-21(24)20-14-18(27-5)11-8-15(20)3/h8-14,16H,6-7H2,1-5H3,(H,22,24). The first-order valence-electron chi connectivity index (χ1n) is 9.30. The largest absolute Gasteiger partial charge is 0.346 e. The van der Waals surface area contributed by atoms with E-state index in [-0.39, 0.29) is 16.8 Å². The Morgan fingerprint density at radius 2 is 1.71 bits per heavy atom. The molecule has 2 aromatic rings. The number of nitrogens with one attached hydrogen (secondary N) is 1. The van der Waals surface area contributed by atoms with E-state index in [0.717, 1.165) is 16.0 Å². The Labute approximate surface area is 172 Å². The van der Waals surface area contributed by atoms with Crippen molar-refractivity contribution >= 4 is 27.7 Å². The maximum Gasteiger partial charge on any atom is 0.252 e. The molecule has 0 fully saturated rings. The summed E-state index contributed by atoms with van der Waals surface area (Å²) in [7, 11) is -3.48. The van der Waals surface area contributed by atoms with E-state index in [9.17, 15) is 13.2 Å². The molecule has 1 amide bonds. The molecule has 0 bridgehead atoms. The second-order valence-corrected chi connectivity index (χ2v) is 9.35. The number of carbonyl (C=O) groups excluding carboxylic acids is 1. The molecular formula is C21H28N2O3S2. The molecule has 2 rings (SSSR count). The summed E-state index contributed by atoms with van der Waals surface area (Å²) in [5, 5.41) is 3.00. The molecular weight excluding hydrogens is 392 g/mol. The third-order valence-electron chi connectivity index (χ3n) is 4.76. The fourth-order valence-electron chi connectivity index (χ4n) is 2.97. The van der Waals surface area contributed by atoms with Crippen LogP contribution >= 0.6 is 11.8 Å². The SMILES string of the molecule is CCN(CC)S(=O)(=O)c1ccc(C(C)NC(=O)c2cc(SC)ccc2C)cc1. The van der Waals surface area contributed by atoms with Crippen molar-refractivity contribution in [2.45, 2.75) is 43.5 Å². The van der Waals surface area contributed by atoms with E-state index >= 15 is 0 Å². The van der Waals surface area contributed by atoms with Crippen LogP contribution in [0.25, 0.3) is 0 Å². The van der Waals surface area contributed by atoms with Crippen LogP contribution in [0.3, 0.4) is 0 Å². The lowest BCUT2D eigenvalue weighted by molar-refractivity contribution is 0.0939. The summed E-state index contributed by atoms with van der Waals surface area (Å²) in [5.41, 5.74) is 2.42. The summed E-state index contributed by atoms with van der Waals surface area (Å²) in [6.07, 6.45) is 1.97. The van der Waals surface area contributed by atoms with Crippen LogP contribution in [0.1, 0.15) is 48.3 Å². The molecule has 1 N–H and O–H groups in total. The number of hydrogen-bond acceptors (Lipinski definition) is 4. The van der Waals surface area contributed by atoms with Crippen molar-refractivity contribution in [3.63, 3.8) is 0 Å². The summed E-state index contributed by atoms with van der Waals surface area (Å²) >= 11 is 1.59. The smallest absolute Gasteiger partial charge is 0.252 e. The Hall–Kier alpha value is -1.83. The fourth-order valence-corrected chi connectivity index (χ4v) is 4.87. The molecule has 0 aliphatic heterocycles. The van der Waals surface area contributed by atoms with Gasteiger partial charge < -0.3 is 5.32 Å². The van der Waals surface area contributed by atoms with E-state index in [2.05, 4.69) is 5.32 Å². The predicted molar refractivity (Wildman–Crippen MR) is 115 cm³/mol. The lowest BCUT2D eigenvalue weighted by Crippen LogP contribution is -2.30. The normalized spacial score (nSPS) is 12.8. The zero-order valence-electron chi connectivity index (χ0n) is 17.0. The summed E-state index contributed by atoms with van der Waals surface area (Å²) in [5.74, 6) is -0.138. The minimum absolute atomic E-state index is 0.138. The maximum absolute atomic E-state index is 12.7. The van der Waals surface area contributed by atoms with Gasteiger partial charge >= 0.3 is 0 Å². The number of hydrogen-bond donors (Lipinski definition) is 1. The third-order valence-corrected chi connectivity index (χ3v) is 7.55. The van der Waals surface area contributed by atoms with Gasteiger partial charge in [0.2, 0.25) is 10.0 Å². The number of sulfonamides is 1. The van der Waals surface area contributed by atoms with Crippen LogP contribution in [0, 0.1) is 6.92 Å². The summed E-state index contributed by atoms with van der Waals surface area (Å²) in [6.45, 7) is 8.31. The lowest BCUT2D eigenvalue weighted by Gasteiger charge is -2.19. The number of thioether (sulfide) groups is 1. The van der Waals surface area contributed by atoms with Crippen molar-refractivity contribution in [3.8, 4) is 0 Å². The number of benzene rings is 2. The number of aryl methyl sites for hydroxylation is 1. The second-order valence-electron chi connectivity index (χ2n) is 6.53. The molecule has 0 heterocycles. The molecule has 0 radical (unpaired) electrons. The summed E-state index contributed by atoms with van der Waals surface area (Å²) in [6, 6.07) is 12.3. The Morgan fingerprint density at radius 1 is 1.11 bits per heavy atom. The molecule has 0 aromatic heterocycles. The Balaban J connectivity index is 2.17. The minimum atomic E-state index is -3.48. The number of nitrogens with zero attached hydrogens (tertiary/aromatic N) is 1. The topological polar surface area (TPSA) is 66.5 Å². The molecule has 1 unspecified atom stereocenters. The summed E-state index contributed by atoms with van der Waals surface area (Å²) in [4.78, 5) is 14.0. The van der Waals surface area contributed by atoms with Gasteiger partial charge in [-0.05, 0) is 55.5 Å². The molecule has 152 valence electrons. The van der Waals surface area contributed by atoms with Crippen LogP contribution in [0.2, 0.25) is 0 Å². The predicted octanol–water partition coefficient (Wildman–Crippen LogP) is 4.24. The zero-order chi connectivity index (χ0) is 20.9. The first-order chi connectivity index (χ1) is 13.2. The molecule has 5 nitrogen and oxygen atoms in total. The zero-order valence-corrected chi connectivity index (χ0v) is 18.7. The Morgan fingerprint density at radius 3 is 2.25 bits per heavy atom. The highest BCUT2D eigenvalue weighted by Gasteiger charge is 2.22. The third kappa shape index (κ3) is 4.96. The summed E-state index contributed by atoms with van der Waals surface area (Å²) < 4.78 is 26.6. The van der Waals surface area contributed by atoms with Gasteiger partial charge in [0.1, 0.15) is 0 Å². The molecule has 0 saturated heterocycles. The van der Waals surface area contributed by atoms with Gasteiger partial charge in [0.25, 0.3) is 5.91 Å². The van der Waals surface area contributed by atoms with Gasteiger partial charge in [0.15, 0.2) is 0 Å². The van der Waals surface area contributed by atoms with Gasteiger partial charge in [0.05, 0.1) is 10.9 Å². The highest BCUT2D eigenvalue weighted by Crippen LogP contribution is 2.22. The minimum Gasteiger partial charge on any atom is -0.346 e. The molecule has 0 spiro atoms. The molecule has 28 heavy (non-hydrogen) atoms. The average molecular weight is 421 g/mol. The van der Waals surface area contributed by atoms with Crippen molar-refractivity contribution < 1.29 is 13.2 Å². The lowest BCUT2D eigenvalue weighted by atomic mass is 10.1.